The van der Waals surface area contributed by atoms with Gasteiger partial charge in [-0.1, -0.05) is 13.3 Å². The molecule has 0 aliphatic heterocycles. The summed E-state index contributed by atoms with van der Waals surface area (Å²) in [6.45, 7) is 4.11. The molecular weight excluding hydrogens is 158 g/mol. The number of aliphatic carboxylic acids is 1. The molecule has 12 heavy (non-hydrogen) atoms. The summed E-state index contributed by atoms with van der Waals surface area (Å²) in [6.07, 6.45) is 1.87. The van der Waals surface area contributed by atoms with Crippen molar-refractivity contribution < 1.29 is 14.7 Å². The summed E-state index contributed by atoms with van der Waals surface area (Å²) in [7, 11) is 0. The van der Waals surface area contributed by atoms with Gasteiger partial charge in [0.15, 0.2) is 0 Å². The van der Waals surface area contributed by atoms with Gasteiger partial charge < -0.3 is 10.0 Å². The second-order valence-corrected chi connectivity index (χ2v) is 2.58. The second kappa shape index (κ2) is 5.57. The van der Waals surface area contributed by atoms with Crippen LogP contribution < -0.4 is 0 Å². The van der Waals surface area contributed by atoms with E-state index in [9.17, 15) is 9.59 Å². The molecule has 0 bridgehead atoms. The van der Waals surface area contributed by atoms with Crippen LogP contribution in [0.3, 0.4) is 0 Å². The molecule has 0 saturated carbocycles. The van der Waals surface area contributed by atoms with Crippen molar-refractivity contribution in [2.75, 3.05) is 6.54 Å². The zero-order valence-corrected chi connectivity index (χ0v) is 7.49. The molecule has 1 atom stereocenters. The van der Waals surface area contributed by atoms with Crippen LogP contribution in [0.1, 0.15) is 26.7 Å². The Hall–Kier alpha value is -1.06. The van der Waals surface area contributed by atoms with Crippen LogP contribution in [0.15, 0.2) is 0 Å². The number of carboxylic acid groups (broad SMARTS) is 1. The Morgan fingerprint density at radius 1 is 1.58 bits per heavy atom. The van der Waals surface area contributed by atoms with Crippen molar-refractivity contribution in [2.24, 2.45) is 0 Å². The van der Waals surface area contributed by atoms with Gasteiger partial charge in [-0.05, 0) is 13.3 Å². The van der Waals surface area contributed by atoms with Crippen molar-refractivity contribution in [3.05, 3.63) is 0 Å². The molecule has 0 rings (SSSR count). The maximum Gasteiger partial charge on any atom is 0.326 e. The van der Waals surface area contributed by atoms with Crippen molar-refractivity contribution >= 4 is 12.4 Å². The van der Waals surface area contributed by atoms with E-state index >= 15 is 0 Å². The summed E-state index contributed by atoms with van der Waals surface area (Å²) in [5.41, 5.74) is 0. The highest BCUT2D eigenvalue weighted by Gasteiger charge is 2.21. The summed E-state index contributed by atoms with van der Waals surface area (Å²) in [6, 6.07) is -0.655. The quantitative estimate of drug-likeness (QED) is 0.602. The van der Waals surface area contributed by atoms with Gasteiger partial charge in [-0.15, -0.1) is 0 Å². The molecular formula is C8H15NO3. The lowest BCUT2D eigenvalue weighted by atomic mass is 10.1. The number of nitrogens with zero attached hydrogens (tertiary/aromatic N) is 1. The summed E-state index contributed by atoms with van der Waals surface area (Å²) in [5.74, 6) is -0.925. The maximum absolute atomic E-state index is 10.6. The number of rotatable bonds is 6. The van der Waals surface area contributed by atoms with E-state index in [1.165, 1.54) is 4.90 Å². The van der Waals surface area contributed by atoms with Gasteiger partial charge in [-0.25, -0.2) is 4.79 Å². The number of carboxylic acids is 1. The SMILES string of the molecule is CCCC(C(=O)O)N(C=O)CC. The summed E-state index contributed by atoms with van der Waals surface area (Å²) >= 11 is 0. The minimum atomic E-state index is -0.925. The van der Waals surface area contributed by atoms with Crippen LogP contribution in [0.2, 0.25) is 0 Å². The molecule has 0 aliphatic carbocycles. The first kappa shape index (κ1) is 10.9. The van der Waals surface area contributed by atoms with Crippen molar-refractivity contribution in [2.45, 2.75) is 32.7 Å². The third kappa shape index (κ3) is 2.90. The topological polar surface area (TPSA) is 57.6 Å². The lowest BCUT2D eigenvalue weighted by Gasteiger charge is -2.22. The number of likely N-dealkylation sites (N-methyl/N-ethyl adjacent to an activating group) is 1. The van der Waals surface area contributed by atoms with E-state index in [-0.39, 0.29) is 0 Å². The highest BCUT2D eigenvalue weighted by molar-refractivity contribution is 5.76. The first-order valence-corrected chi connectivity index (χ1v) is 4.11. The number of hydrogen-bond donors (Lipinski definition) is 1. The molecule has 0 spiro atoms. The highest BCUT2D eigenvalue weighted by atomic mass is 16.4. The predicted molar refractivity (Wildman–Crippen MR) is 44.8 cm³/mol. The van der Waals surface area contributed by atoms with Crippen molar-refractivity contribution in [3.8, 4) is 0 Å². The van der Waals surface area contributed by atoms with Crippen LogP contribution in [-0.4, -0.2) is 35.0 Å². The normalized spacial score (nSPS) is 12.2. The summed E-state index contributed by atoms with van der Waals surface area (Å²) in [5, 5.41) is 8.74. The number of carbonyl (C=O) groups is 2. The molecule has 0 fully saturated rings. The molecule has 0 saturated heterocycles. The fourth-order valence-electron chi connectivity index (χ4n) is 1.07. The molecule has 70 valence electrons. The largest absolute Gasteiger partial charge is 0.480 e. The standard InChI is InChI=1S/C8H15NO3/c1-3-5-7(8(11)12)9(4-2)6-10/h6-7H,3-5H2,1-2H3,(H,11,12). The molecule has 0 radical (unpaired) electrons. The van der Waals surface area contributed by atoms with Gasteiger partial charge in [0.2, 0.25) is 6.41 Å². The fraction of sp³-hybridized carbons (Fsp3) is 0.750. The molecule has 4 nitrogen and oxygen atoms in total. The average molecular weight is 173 g/mol. The monoisotopic (exact) mass is 173 g/mol. The Morgan fingerprint density at radius 3 is 2.42 bits per heavy atom. The Morgan fingerprint density at radius 2 is 2.17 bits per heavy atom. The number of carbonyl (C=O) groups excluding carboxylic acids is 1. The lowest BCUT2D eigenvalue weighted by molar-refractivity contribution is -0.146. The van der Waals surface area contributed by atoms with Gasteiger partial charge in [0, 0.05) is 6.54 Å². The van der Waals surface area contributed by atoms with E-state index in [4.69, 9.17) is 5.11 Å². The molecule has 0 aromatic heterocycles. The smallest absolute Gasteiger partial charge is 0.326 e. The maximum atomic E-state index is 10.6. The molecule has 1 unspecified atom stereocenters. The van der Waals surface area contributed by atoms with Gasteiger partial charge in [0.1, 0.15) is 6.04 Å². The zero-order chi connectivity index (χ0) is 9.56. The minimum absolute atomic E-state index is 0.445. The highest BCUT2D eigenvalue weighted by Crippen LogP contribution is 2.04. The summed E-state index contributed by atoms with van der Waals surface area (Å²) < 4.78 is 0. The van der Waals surface area contributed by atoms with Crippen LogP contribution in [0.5, 0.6) is 0 Å². The first-order valence-electron chi connectivity index (χ1n) is 4.11. The fourth-order valence-corrected chi connectivity index (χ4v) is 1.07. The third-order valence-corrected chi connectivity index (χ3v) is 1.75. The van der Waals surface area contributed by atoms with E-state index in [0.717, 1.165) is 6.42 Å². The lowest BCUT2D eigenvalue weighted by Crippen LogP contribution is -2.40. The Bertz CT molecular complexity index is 158. The van der Waals surface area contributed by atoms with Crippen molar-refractivity contribution in [1.29, 1.82) is 0 Å². The van der Waals surface area contributed by atoms with Gasteiger partial charge in [0.25, 0.3) is 0 Å². The van der Waals surface area contributed by atoms with Crippen molar-refractivity contribution in [1.82, 2.24) is 4.90 Å². The predicted octanol–water partition coefficient (Wildman–Crippen LogP) is 0.718. The number of hydrogen-bond acceptors (Lipinski definition) is 2. The average Bonchev–Trinajstić information content (AvgIpc) is 2.05. The number of amides is 1. The molecule has 1 amide bonds. The molecule has 0 aromatic rings. The first-order chi connectivity index (χ1) is 5.67. The van der Waals surface area contributed by atoms with Gasteiger partial charge in [0.05, 0.1) is 0 Å². The van der Waals surface area contributed by atoms with Crippen LogP contribution >= 0.6 is 0 Å². The van der Waals surface area contributed by atoms with E-state index in [0.29, 0.717) is 19.4 Å². The molecule has 0 aliphatic rings. The molecule has 0 heterocycles. The minimum Gasteiger partial charge on any atom is -0.480 e. The third-order valence-electron chi connectivity index (χ3n) is 1.75. The molecule has 4 heteroatoms. The van der Waals surface area contributed by atoms with E-state index < -0.39 is 12.0 Å². The second-order valence-electron chi connectivity index (χ2n) is 2.58. The van der Waals surface area contributed by atoms with Crippen LogP contribution in [0, 0.1) is 0 Å². The Kier molecular flexibility index (Phi) is 5.08. The van der Waals surface area contributed by atoms with Gasteiger partial charge >= 0.3 is 5.97 Å². The van der Waals surface area contributed by atoms with Crippen molar-refractivity contribution in [3.63, 3.8) is 0 Å². The van der Waals surface area contributed by atoms with Gasteiger partial charge in [-0.3, -0.25) is 4.79 Å². The van der Waals surface area contributed by atoms with Crippen LogP contribution in [0.25, 0.3) is 0 Å². The van der Waals surface area contributed by atoms with E-state index in [1.54, 1.807) is 6.92 Å². The van der Waals surface area contributed by atoms with Crippen LogP contribution in [-0.2, 0) is 9.59 Å². The summed E-state index contributed by atoms with van der Waals surface area (Å²) in [4.78, 5) is 22.4. The van der Waals surface area contributed by atoms with E-state index in [1.807, 2.05) is 6.92 Å². The van der Waals surface area contributed by atoms with Crippen LogP contribution in [0.4, 0.5) is 0 Å². The molecule has 1 N–H and O–H groups in total. The Labute approximate surface area is 72.2 Å². The van der Waals surface area contributed by atoms with E-state index in [2.05, 4.69) is 0 Å². The Balaban J connectivity index is 4.24. The zero-order valence-electron chi connectivity index (χ0n) is 7.49. The molecule has 0 aromatic carbocycles. The van der Waals surface area contributed by atoms with Gasteiger partial charge in [-0.2, -0.15) is 0 Å².